The van der Waals surface area contributed by atoms with Crippen molar-refractivity contribution in [2.24, 2.45) is 0 Å². The molecule has 4 heteroatoms. The van der Waals surface area contributed by atoms with Crippen molar-refractivity contribution < 1.29 is 14.6 Å². The van der Waals surface area contributed by atoms with E-state index in [0.29, 0.717) is 17.4 Å². The Morgan fingerprint density at radius 3 is 2.21 bits per heavy atom. The van der Waals surface area contributed by atoms with Gasteiger partial charge >= 0.3 is 5.97 Å². The van der Waals surface area contributed by atoms with Crippen LogP contribution in [0.1, 0.15) is 52.4 Å². The topological polar surface area (TPSA) is 59.4 Å². The maximum absolute atomic E-state index is 11.4. The number of carbonyl (C=O) groups is 1. The summed E-state index contributed by atoms with van der Waals surface area (Å²) in [5.41, 5.74) is 8.58. The number of aromatic nitrogens is 1. The van der Waals surface area contributed by atoms with E-state index in [9.17, 15) is 9.90 Å². The molecule has 4 nitrogen and oxygen atoms in total. The molecule has 150 valence electrons. The molecule has 0 aliphatic rings. The molecule has 0 fully saturated rings. The molecule has 0 aliphatic heterocycles. The summed E-state index contributed by atoms with van der Waals surface area (Å²) >= 11 is 0. The molecule has 1 aromatic heterocycles. The SMILES string of the molecule is COc1ncc(-c2c(C)cc(C(=O)O)cc2C)cc1-c1ccc(C)cc1C(C)C. The van der Waals surface area contributed by atoms with E-state index in [4.69, 9.17) is 4.74 Å². The molecule has 1 heterocycles. The van der Waals surface area contributed by atoms with Crippen LogP contribution in [0, 0.1) is 20.8 Å². The van der Waals surface area contributed by atoms with Crippen LogP contribution in [0.5, 0.6) is 5.88 Å². The molecule has 0 radical (unpaired) electrons. The first-order valence-corrected chi connectivity index (χ1v) is 9.72. The number of rotatable bonds is 5. The van der Waals surface area contributed by atoms with Gasteiger partial charge in [0.15, 0.2) is 0 Å². The van der Waals surface area contributed by atoms with Crippen molar-refractivity contribution in [1.82, 2.24) is 4.98 Å². The van der Waals surface area contributed by atoms with Crippen LogP contribution in [0.15, 0.2) is 42.6 Å². The lowest BCUT2D eigenvalue weighted by Gasteiger charge is -2.18. The Bertz CT molecular complexity index is 1060. The highest BCUT2D eigenvalue weighted by molar-refractivity contribution is 5.90. The van der Waals surface area contributed by atoms with E-state index in [1.807, 2.05) is 13.8 Å². The number of hydrogen-bond acceptors (Lipinski definition) is 3. The van der Waals surface area contributed by atoms with Crippen molar-refractivity contribution >= 4 is 5.97 Å². The zero-order chi connectivity index (χ0) is 21.3. The van der Waals surface area contributed by atoms with E-state index in [1.165, 1.54) is 11.1 Å². The predicted molar refractivity (Wildman–Crippen MR) is 117 cm³/mol. The number of carboxylic acid groups (broad SMARTS) is 1. The molecule has 0 saturated carbocycles. The van der Waals surface area contributed by atoms with E-state index in [-0.39, 0.29) is 0 Å². The number of hydrogen-bond donors (Lipinski definition) is 1. The van der Waals surface area contributed by atoms with E-state index in [0.717, 1.165) is 33.4 Å². The largest absolute Gasteiger partial charge is 0.481 e. The quantitative estimate of drug-likeness (QED) is 0.567. The van der Waals surface area contributed by atoms with Gasteiger partial charge in [0.2, 0.25) is 5.88 Å². The first-order valence-electron chi connectivity index (χ1n) is 9.72. The predicted octanol–water partition coefficient (Wildman–Crippen LogP) is 6.17. The van der Waals surface area contributed by atoms with Gasteiger partial charge in [-0.2, -0.15) is 0 Å². The highest BCUT2D eigenvalue weighted by Gasteiger charge is 2.18. The van der Waals surface area contributed by atoms with Crippen LogP contribution in [0.3, 0.4) is 0 Å². The van der Waals surface area contributed by atoms with Gasteiger partial charge in [-0.1, -0.05) is 37.6 Å². The summed E-state index contributed by atoms with van der Waals surface area (Å²) in [6, 6.07) is 12.0. The summed E-state index contributed by atoms with van der Waals surface area (Å²) in [6.45, 7) is 10.3. The third-order valence-electron chi connectivity index (χ3n) is 5.23. The van der Waals surface area contributed by atoms with Crippen molar-refractivity contribution in [2.75, 3.05) is 7.11 Å². The Labute approximate surface area is 172 Å². The van der Waals surface area contributed by atoms with Gasteiger partial charge in [-0.05, 0) is 72.7 Å². The standard InChI is InChI=1S/C25H27NO3/c1-14(2)21-9-15(3)7-8-20(21)22-12-19(13-26-24(22)29-6)23-16(4)10-18(25(27)28)11-17(23)5/h7-14H,1-6H3,(H,27,28). The number of carboxylic acids is 1. The van der Waals surface area contributed by atoms with Gasteiger partial charge in [0.25, 0.3) is 0 Å². The molecular weight excluding hydrogens is 362 g/mol. The smallest absolute Gasteiger partial charge is 0.335 e. The molecule has 3 rings (SSSR count). The molecule has 3 aromatic rings. The van der Waals surface area contributed by atoms with Crippen molar-refractivity contribution in [3.05, 3.63) is 70.4 Å². The minimum Gasteiger partial charge on any atom is -0.481 e. The zero-order valence-corrected chi connectivity index (χ0v) is 17.8. The van der Waals surface area contributed by atoms with E-state index in [1.54, 1.807) is 25.4 Å². The second-order valence-electron chi connectivity index (χ2n) is 7.82. The van der Waals surface area contributed by atoms with Gasteiger partial charge in [0.1, 0.15) is 0 Å². The number of benzene rings is 2. The second kappa shape index (κ2) is 8.08. The maximum atomic E-state index is 11.4. The molecule has 0 aliphatic carbocycles. The molecule has 0 spiro atoms. The van der Waals surface area contributed by atoms with Crippen LogP contribution in [0.4, 0.5) is 0 Å². The average molecular weight is 389 g/mol. The number of aromatic carboxylic acids is 1. The van der Waals surface area contributed by atoms with Crippen molar-refractivity contribution in [3.8, 4) is 28.1 Å². The Morgan fingerprint density at radius 1 is 1.00 bits per heavy atom. The Hall–Kier alpha value is -3.14. The molecular formula is C25H27NO3. The molecule has 0 bridgehead atoms. The third kappa shape index (κ3) is 4.02. The van der Waals surface area contributed by atoms with Crippen LogP contribution < -0.4 is 4.74 Å². The fourth-order valence-electron chi connectivity index (χ4n) is 3.89. The van der Waals surface area contributed by atoms with Crippen LogP contribution in [-0.2, 0) is 0 Å². The minimum absolute atomic E-state index is 0.297. The van der Waals surface area contributed by atoms with Crippen molar-refractivity contribution in [1.29, 1.82) is 0 Å². The molecule has 1 N–H and O–H groups in total. The van der Waals surface area contributed by atoms with Gasteiger partial charge in [-0.25, -0.2) is 9.78 Å². The van der Waals surface area contributed by atoms with Gasteiger partial charge < -0.3 is 9.84 Å². The zero-order valence-electron chi connectivity index (χ0n) is 17.8. The highest BCUT2D eigenvalue weighted by Crippen LogP contribution is 2.38. The first kappa shape index (κ1) is 20.6. The fraction of sp³-hybridized carbons (Fsp3) is 0.280. The molecule has 0 saturated heterocycles. The number of ether oxygens (including phenoxy) is 1. The highest BCUT2D eigenvalue weighted by atomic mass is 16.5. The number of methoxy groups -OCH3 is 1. The lowest BCUT2D eigenvalue weighted by molar-refractivity contribution is 0.0696. The summed E-state index contributed by atoms with van der Waals surface area (Å²) in [4.78, 5) is 15.9. The van der Waals surface area contributed by atoms with Crippen molar-refractivity contribution in [3.63, 3.8) is 0 Å². The normalized spacial score (nSPS) is 11.0. The Morgan fingerprint density at radius 2 is 1.66 bits per heavy atom. The van der Waals surface area contributed by atoms with E-state index < -0.39 is 5.97 Å². The van der Waals surface area contributed by atoms with E-state index >= 15 is 0 Å². The summed E-state index contributed by atoms with van der Waals surface area (Å²) in [5.74, 6) is 0.0195. The van der Waals surface area contributed by atoms with Crippen molar-refractivity contribution in [2.45, 2.75) is 40.5 Å². The fourth-order valence-corrected chi connectivity index (χ4v) is 3.89. The molecule has 0 atom stereocenters. The molecule has 0 unspecified atom stereocenters. The average Bonchev–Trinajstić information content (AvgIpc) is 2.67. The minimum atomic E-state index is -0.919. The summed E-state index contributed by atoms with van der Waals surface area (Å²) in [5, 5.41) is 9.33. The van der Waals surface area contributed by atoms with Gasteiger partial charge in [0.05, 0.1) is 12.7 Å². The maximum Gasteiger partial charge on any atom is 0.335 e. The second-order valence-corrected chi connectivity index (χ2v) is 7.82. The van der Waals surface area contributed by atoms with Crippen LogP contribution in [0.25, 0.3) is 22.3 Å². The van der Waals surface area contributed by atoms with Gasteiger partial charge in [0, 0.05) is 17.3 Å². The number of nitrogens with zero attached hydrogens (tertiary/aromatic N) is 1. The van der Waals surface area contributed by atoms with E-state index in [2.05, 4.69) is 50.0 Å². The van der Waals surface area contributed by atoms with Gasteiger partial charge in [-0.15, -0.1) is 0 Å². The van der Waals surface area contributed by atoms with Crippen LogP contribution in [0.2, 0.25) is 0 Å². The third-order valence-corrected chi connectivity index (χ3v) is 5.23. The van der Waals surface area contributed by atoms with Gasteiger partial charge in [-0.3, -0.25) is 0 Å². The van der Waals surface area contributed by atoms with Crippen LogP contribution >= 0.6 is 0 Å². The number of aryl methyl sites for hydroxylation is 3. The molecule has 2 aromatic carbocycles. The van der Waals surface area contributed by atoms with Crippen LogP contribution in [-0.4, -0.2) is 23.2 Å². The summed E-state index contributed by atoms with van der Waals surface area (Å²) in [6.07, 6.45) is 1.79. The summed E-state index contributed by atoms with van der Waals surface area (Å²) < 4.78 is 5.58. The lowest BCUT2D eigenvalue weighted by Crippen LogP contribution is -2.01. The summed E-state index contributed by atoms with van der Waals surface area (Å²) in [7, 11) is 1.63. The molecule has 29 heavy (non-hydrogen) atoms. The number of pyridine rings is 1. The lowest BCUT2D eigenvalue weighted by atomic mass is 9.89. The Kier molecular flexibility index (Phi) is 5.73. The molecule has 0 amide bonds. The first-order chi connectivity index (χ1) is 13.7. The monoisotopic (exact) mass is 389 g/mol. The Balaban J connectivity index is 2.24.